The van der Waals surface area contributed by atoms with Gasteiger partial charge >= 0.3 is 6.03 Å². The number of carbonyl (C=O) groups excluding carboxylic acids is 2. The van der Waals surface area contributed by atoms with Crippen LogP contribution in [0, 0.1) is 0 Å². The van der Waals surface area contributed by atoms with Crippen LogP contribution < -0.4 is 10.6 Å². The molecule has 2 N–H and O–H groups in total. The Labute approximate surface area is 143 Å². The highest BCUT2D eigenvalue weighted by atomic mass is 35.5. The Hall–Kier alpha value is -1.79. The Morgan fingerprint density at radius 2 is 1.96 bits per heavy atom. The number of nitrogens with zero attached hydrogens (tertiary/aromatic N) is 2. The molecule has 0 saturated heterocycles. The number of rotatable bonds is 5. The summed E-state index contributed by atoms with van der Waals surface area (Å²) in [6, 6.07) is 7.98. The monoisotopic (exact) mass is 340 g/mol. The van der Waals surface area contributed by atoms with Gasteiger partial charge in [0.2, 0.25) is 5.91 Å². The molecule has 1 aromatic rings. The molecule has 0 radical (unpaired) electrons. The average molecular weight is 341 g/mol. The van der Waals surface area contributed by atoms with Gasteiger partial charge in [-0.05, 0) is 24.6 Å². The van der Waals surface area contributed by atoms with Crippen LogP contribution in [-0.4, -0.2) is 62.0 Å². The van der Waals surface area contributed by atoms with Gasteiger partial charge in [0.1, 0.15) is 0 Å². The van der Waals surface area contributed by atoms with Crippen molar-refractivity contribution in [3.8, 4) is 0 Å². The normalized spacial score (nSPS) is 12.9. The fourth-order valence-electron chi connectivity index (χ4n) is 2.47. The molecule has 0 saturated carbocycles. The molecule has 0 spiro atoms. The van der Waals surface area contributed by atoms with Crippen molar-refractivity contribution < 1.29 is 9.59 Å². The van der Waals surface area contributed by atoms with Crippen LogP contribution in [0.3, 0.4) is 0 Å². The largest absolute Gasteiger partial charge is 0.343 e. The molecule has 0 aromatic heterocycles. The van der Waals surface area contributed by atoms with E-state index in [0.717, 1.165) is 13.0 Å². The Kier molecular flexibility index (Phi) is 7.85. The molecule has 0 atom stereocenters. The molecule has 1 aliphatic heterocycles. The second-order valence-corrected chi connectivity index (χ2v) is 5.52. The Bertz CT molecular complexity index is 539. The van der Waals surface area contributed by atoms with Crippen LogP contribution in [0.2, 0.25) is 0 Å². The molecule has 3 amide bonds. The minimum atomic E-state index is -0.176. The smallest absolute Gasteiger partial charge is 0.318 e. The Balaban J connectivity index is 0.00000264. The fraction of sp³-hybridized carbons (Fsp3) is 0.500. The summed E-state index contributed by atoms with van der Waals surface area (Å²) in [6.45, 7) is 2.69. The van der Waals surface area contributed by atoms with Gasteiger partial charge in [-0.25, -0.2) is 4.79 Å². The summed E-state index contributed by atoms with van der Waals surface area (Å²) in [5.74, 6) is -0.0824. The van der Waals surface area contributed by atoms with Gasteiger partial charge < -0.3 is 20.4 Å². The van der Waals surface area contributed by atoms with Crippen LogP contribution in [0.25, 0.3) is 0 Å². The van der Waals surface area contributed by atoms with E-state index in [1.165, 1.54) is 11.1 Å². The summed E-state index contributed by atoms with van der Waals surface area (Å²) in [5, 5.41) is 5.71. The van der Waals surface area contributed by atoms with Crippen molar-refractivity contribution in [2.75, 3.05) is 40.3 Å². The molecule has 0 fully saturated rings. The predicted molar refractivity (Wildman–Crippen MR) is 92.8 cm³/mol. The number of nitrogens with one attached hydrogen (secondary N) is 2. The number of urea groups is 1. The maximum atomic E-state index is 12.2. The summed E-state index contributed by atoms with van der Waals surface area (Å²) in [5.41, 5.74) is 2.48. The topological polar surface area (TPSA) is 64.7 Å². The first-order chi connectivity index (χ1) is 10.6. The molecular formula is C16H25ClN4O2. The zero-order valence-electron chi connectivity index (χ0n) is 13.7. The minimum absolute atomic E-state index is 0. The highest BCUT2D eigenvalue weighted by Gasteiger charge is 2.20. The molecular weight excluding hydrogens is 316 g/mol. The van der Waals surface area contributed by atoms with Crippen LogP contribution in [-0.2, 0) is 17.8 Å². The molecule has 1 aliphatic rings. The number of carbonyl (C=O) groups is 2. The van der Waals surface area contributed by atoms with E-state index in [1.54, 1.807) is 16.8 Å². The van der Waals surface area contributed by atoms with E-state index in [-0.39, 0.29) is 30.9 Å². The number of fused-ring (bicyclic) bond motifs is 1. The van der Waals surface area contributed by atoms with Crippen LogP contribution in [0.15, 0.2) is 24.3 Å². The summed E-state index contributed by atoms with van der Waals surface area (Å²) < 4.78 is 0. The molecule has 0 bridgehead atoms. The standard InChI is InChI=1S/C16H24N4O2.ClH/c1-17-8-10-19(2)15(21)11-18-16(22)20-9-7-13-5-3-4-6-14(13)12-20;/h3-6,17H,7-12H2,1-2H3,(H,18,22);1H. The molecule has 6 nitrogen and oxygen atoms in total. The zero-order chi connectivity index (χ0) is 15.9. The van der Waals surface area contributed by atoms with Crippen LogP contribution in [0.5, 0.6) is 0 Å². The first-order valence-corrected chi connectivity index (χ1v) is 7.60. The summed E-state index contributed by atoms with van der Waals surface area (Å²) in [4.78, 5) is 27.4. The third-order valence-corrected chi connectivity index (χ3v) is 3.93. The quantitative estimate of drug-likeness (QED) is 0.835. The van der Waals surface area contributed by atoms with Crippen molar-refractivity contribution in [3.05, 3.63) is 35.4 Å². The van der Waals surface area contributed by atoms with Gasteiger partial charge in [0, 0.05) is 33.2 Å². The van der Waals surface area contributed by atoms with Gasteiger partial charge in [-0.3, -0.25) is 4.79 Å². The minimum Gasteiger partial charge on any atom is -0.343 e. The van der Waals surface area contributed by atoms with E-state index in [9.17, 15) is 9.59 Å². The number of hydrogen-bond donors (Lipinski definition) is 2. The van der Waals surface area contributed by atoms with Crippen molar-refractivity contribution in [1.82, 2.24) is 20.4 Å². The third-order valence-electron chi connectivity index (χ3n) is 3.93. The third kappa shape index (κ3) is 5.41. The van der Waals surface area contributed by atoms with E-state index >= 15 is 0 Å². The summed E-state index contributed by atoms with van der Waals surface area (Å²) in [7, 11) is 3.58. The van der Waals surface area contributed by atoms with Crippen molar-refractivity contribution in [2.45, 2.75) is 13.0 Å². The number of benzene rings is 1. The number of halogens is 1. The van der Waals surface area contributed by atoms with E-state index in [2.05, 4.69) is 16.7 Å². The lowest BCUT2D eigenvalue weighted by atomic mass is 10.0. The van der Waals surface area contributed by atoms with Gasteiger partial charge in [-0.1, -0.05) is 24.3 Å². The Morgan fingerprint density at radius 3 is 2.65 bits per heavy atom. The van der Waals surface area contributed by atoms with Gasteiger partial charge in [-0.15, -0.1) is 12.4 Å². The van der Waals surface area contributed by atoms with Gasteiger partial charge in [0.05, 0.1) is 6.54 Å². The van der Waals surface area contributed by atoms with Crippen LogP contribution in [0.4, 0.5) is 4.79 Å². The molecule has 0 aliphatic carbocycles. The number of amides is 3. The van der Waals surface area contributed by atoms with Crippen molar-refractivity contribution in [2.24, 2.45) is 0 Å². The molecule has 1 heterocycles. The van der Waals surface area contributed by atoms with E-state index in [1.807, 2.05) is 25.2 Å². The van der Waals surface area contributed by atoms with Crippen molar-refractivity contribution >= 4 is 24.3 Å². The van der Waals surface area contributed by atoms with Crippen molar-refractivity contribution in [3.63, 3.8) is 0 Å². The van der Waals surface area contributed by atoms with E-state index < -0.39 is 0 Å². The lowest BCUT2D eigenvalue weighted by Gasteiger charge is -2.29. The predicted octanol–water partition coefficient (Wildman–Crippen LogP) is 0.854. The molecule has 128 valence electrons. The SMILES string of the molecule is CNCCN(C)C(=O)CNC(=O)N1CCc2ccccc2C1.Cl. The molecule has 7 heteroatoms. The number of likely N-dealkylation sites (N-methyl/N-ethyl adjacent to an activating group) is 2. The highest BCUT2D eigenvalue weighted by Crippen LogP contribution is 2.18. The number of hydrogen-bond acceptors (Lipinski definition) is 3. The van der Waals surface area contributed by atoms with E-state index in [4.69, 9.17) is 0 Å². The molecule has 1 aromatic carbocycles. The second kappa shape index (κ2) is 9.37. The molecule has 2 rings (SSSR count). The van der Waals surface area contributed by atoms with Gasteiger partial charge in [0.25, 0.3) is 0 Å². The first-order valence-electron chi connectivity index (χ1n) is 7.60. The maximum absolute atomic E-state index is 12.2. The summed E-state index contributed by atoms with van der Waals surface area (Å²) >= 11 is 0. The lowest BCUT2D eigenvalue weighted by molar-refractivity contribution is -0.128. The van der Waals surface area contributed by atoms with Crippen molar-refractivity contribution in [1.29, 1.82) is 0 Å². The van der Waals surface area contributed by atoms with Gasteiger partial charge in [-0.2, -0.15) is 0 Å². The summed E-state index contributed by atoms with van der Waals surface area (Å²) in [6.07, 6.45) is 0.861. The zero-order valence-corrected chi connectivity index (χ0v) is 14.5. The second-order valence-electron chi connectivity index (χ2n) is 5.52. The van der Waals surface area contributed by atoms with E-state index in [0.29, 0.717) is 19.6 Å². The average Bonchev–Trinajstić information content (AvgIpc) is 2.56. The lowest BCUT2D eigenvalue weighted by Crippen LogP contribution is -2.47. The van der Waals surface area contributed by atoms with Crippen LogP contribution >= 0.6 is 12.4 Å². The van der Waals surface area contributed by atoms with Gasteiger partial charge in [0.15, 0.2) is 0 Å². The molecule has 0 unspecified atom stereocenters. The fourth-order valence-corrected chi connectivity index (χ4v) is 2.47. The Morgan fingerprint density at radius 1 is 1.26 bits per heavy atom. The molecule has 23 heavy (non-hydrogen) atoms. The van der Waals surface area contributed by atoms with Crippen LogP contribution in [0.1, 0.15) is 11.1 Å². The maximum Gasteiger partial charge on any atom is 0.318 e. The highest BCUT2D eigenvalue weighted by molar-refractivity contribution is 5.85. The first kappa shape index (κ1) is 19.3.